The molecule has 1 aliphatic heterocycles. The van der Waals surface area contributed by atoms with Crippen molar-refractivity contribution >= 4 is 15.8 Å². The molecule has 0 bridgehead atoms. The van der Waals surface area contributed by atoms with Gasteiger partial charge < -0.3 is 4.90 Å². The molecule has 7 heteroatoms. The number of rotatable bonds is 3. The Morgan fingerprint density at radius 2 is 1.94 bits per heavy atom. The van der Waals surface area contributed by atoms with Crippen molar-refractivity contribution in [3.63, 3.8) is 0 Å². The fraction of sp³-hybridized carbons (Fsp3) is 0.636. The summed E-state index contributed by atoms with van der Waals surface area (Å²) in [6.07, 6.45) is 1.23. The smallest absolute Gasteiger partial charge is 0.211 e. The lowest BCUT2D eigenvalue weighted by Crippen LogP contribution is -2.48. The molecule has 1 saturated heterocycles. The molecule has 0 spiro atoms. The molecule has 2 heterocycles. The lowest BCUT2D eigenvalue weighted by Gasteiger charge is -2.36. The fourth-order valence-electron chi connectivity index (χ4n) is 1.86. The third kappa shape index (κ3) is 2.62. The number of hydrogen-bond acceptors (Lipinski definition) is 5. The highest BCUT2D eigenvalue weighted by Gasteiger charge is 2.36. The molecular weight excluding hydrogens is 252 g/mol. The molecule has 0 aliphatic carbocycles. The Morgan fingerprint density at radius 1 is 1.33 bits per heavy atom. The first-order valence-electron chi connectivity index (χ1n) is 5.75. The maximum absolute atomic E-state index is 11.3. The predicted octanol–water partition coefficient (Wildman–Crippen LogP) is 0.210. The first-order chi connectivity index (χ1) is 8.27. The van der Waals surface area contributed by atoms with Crippen molar-refractivity contribution in [3.05, 3.63) is 17.6 Å². The molecule has 0 saturated carbocycles. The molecule has 0 unspecified atom stereocenters. The van der Waals surface area contributed by atoms with Gasteiger partial charge in [0.25, 0.3) is 0 Å². The van der Waals surface area contributed by atoms with Crippen molar-refractivity contribution in [1.29, 1.82) is 0 Å². The summed E-state index contributed by atoms with van der Waals surface area (Å²) in [6.45, 7) is 2.88. The molecular formula is C11H18N4O2S. The van der Waals surface area contributed by atoms with E-state index in [4.69, 9.17) is 0 Å². The van der Waals surface area contributed by atoms with Crippen LogP contribution in [0.3, 0.4) is 0 Å². The van der Waals surface area contributed by atoms with Crippen LogP contribution >= 0.6 is 0 Å². The van der Waals surface area contributed by atoms with E-state index in [9.17, 15) is 8.42 Å². The van der Waals surface area contributed by atoms with Gasteiger partial charge in [-0.2, -0.15) is 0 Å². The Morgan fingerprint density at radius 3 is 2.44 bits per heavy atom. The molecule has 1 aliphatic rings. The minimum Gasteiger partial charge on any atom is -0.363 e. The zero-order valence-electron chi connectivity index (χ0n) is 11.1. The molecule has 0 N–H and O–H groups in total. The lowest BCUT2D eigenvalue weighted by molar-refractivity contribution is 0.257. The summed E-state index contributed by atoms with van der Waals surface area (Å²) >= 11 is 0. The summed E-state index contributed by atoms with van der Waals surface area (Å²) < 4.78 is 24.1. The Kier molecular flexibility index (Phi) is 3.29. The molecule has 0 atom stereocenters. The van der Waals surface area contributed by atoms with E-state index >= 15 is 0 Å². The molecule has 1 aromatic rings. The minimum absolute atomic E-state index is 0.110. The molecule has 0 amide bonds. The molecule has 2 rings (SSSR count). The van der Waals surface area contributed by atoms with Gasteiger partial charge in [0.15, 0.2) is 0 Å². The van der Waals surface area contributed by atoms with E-state index in [-0.39, 0.29) is 5.92 Å². The monoisotopic (exact) mass is 270 g/mol. The molecule has 100 valence electrons. The number of aromatic nitrogens is 2. The molecule has 0 radical (unpaired) electrons. The van der Waals surface area contributed by atoms with E-state index in [0.717, 1.165) is 17.3 Å². The van der Waals surface area contributed by atoms with Gasteiger partial charge in [0.2, 0.25) is 10.0 Å². The largest absolute Gasteiger partial charge is 0.363 e. The van der Waals surface area contributed by atoms with Crippen molar-refractivity contribution in [1.82, 2.24) is 14.3 Å². The summed E-state index contributed by atoms with van der Waals surface area (Å²) in [5, 5.41) is 0. The zero-order valence-corrected chi connectivity index (χ0v) is 11.9. The van der Waals surface area contributed by atoms with Crippen molar-refractivity contribution in [3.8, 4) is 0 Å². The fourth-order valence-corrected chi connectivity index (χ4v) is 2.76. The van der Waals surface area contributed by atoms with Crippen molar-refractivity contribution in [2.45, 2.75) is 12.8 Å². The van der Waals surface area contributed by atoms with Gasteiger partial charge in [-0.15, -0.1) is 0 Å². The highest BCUT2D eigenvalue weighted by atomic mass is 32.2. The molecule has 1 fully saturated rings. The van der Waals surface area contributed by atoms with Gasteiger partial charge in [-0.25, -0.2) is 22.7 Å². The van der Waals surface area contributed by atoms with Crippen molar-refractivity contribution in [2.75, 3.05) is 38.3 Å². The minimum atomic E-state index is -3.08. The highest BCUT2D eigenvalue weighted by Crippen LogP contribution is 2.27. The zero-order chi connectivity index (χ0) is 13.5. The molecule has 0 aromatic carbocycles. The summed E-state index contributed by atoms with van der Waals surface area (Å²) in [5.74, 6) is 1.70. The van der Waals surface area contributed by atoms with Crippen LogP contribution in [-0.4, -0.2) is 56.1 Å². The standard InChI is InChI=1S/C11H18N4O2S/c1-8-5-10(14(2)3)13-11(12-8)9-6-15(7-9)18(4,16)17/h5,9H,6-7H2,1-4H3. The maximum atomic E-state index is 11.3. The summed E-state index contributed by atoms with van der Waals surface area (Å²) in [7, 11) is 0.775. The van der Waals surface area contributed by atoms with Crippen LogP contribution in [0.1, 0.15) is 17.4 Å². The van der Waals surface area contributed by atoms with E-state index in [1.54, 1.807) is 0 Å². The van der Waals surface area contributed by atoms with Crippen LogP contribution < -0.4 is 4.90 Å². The van der Waals surface area contributed by atoms with E-state index in [1.165, 1.54) is 10.6 Å². The van der Waals surface area contributed by atoms with Crippen LogP contribution in [0.15, 0.2) is 6.07 Å². The number of sulfonamides is 1. The van der Waals surface area contributed by atoms with Gasteiger partial charge in [0.1, 0.15) is 11.6 Å². The second kappa shape index (κ2) is 4.47. The molecule has 18 heavy (non-hydrogen) atoms. The maximum Gasteiger partial charge on any atom is 0.211 e. The van der Waals surface area contributed by atoms with Crippen LogP contribution in [0.2, 0.25) is 0 Å². The van der Waals surface area contributed by atoms with Crippen molar-refractivity contribution < 1.29 is 8.42 Å². The van der Waals surface area contributed by atoms with Crippen LogP contribution in [0.5, 0.6) is 0 Å². The summed E-state index contributed by atoms with van der Waals surface area (Å²) in [4.78, 5) is 10.8. The number of nitrogens with zero attached hydrogens (tertiary/aromatic N) is 4. The third-order valence-corrected chi connectivity index (χ3v) is 4.23. The Bertz CT molecular complexity index is 550. The van der Waals surface area contributed by atoms with Crippen molar-refractivity contribution in [2.24, 2.45) is 0 Å². The second-order valence-corrected chi connectivity index (χ2v) is 6.88. The molecule has 1 aromatic heterocycles. The first kappa shape index (κ1) is 13.2. The van der Waals surface area contributed by atoms with Gasteiger partial charge in [-0.3, -0.25) is 0 Å². The molecule has 6 nitrogen and oxygen atoms in total. The Labute approximate surface area is 108 Å². The predicted molar refractivity (Wildman–Crippen MR) is 70.3 cm³/mol. The summed E-state index contributed by atoms with van der Waals surface area (Å²) in [5.41, 5.74) is 0.904. The van der Waals surface area contributed by atoms with E-state index in [0.29, 0.717) is 13.1 Å². The lowest BCUT2D eigenvalue weighted by atomic mass is 10.0. The SMILES string of the molecule is Cc1cc(N(C)C)nc(C2CN(S(C)(=O)=O)C2)n1. The van der Waals surface area contributed by atoms with E-state index in [2.05, 4.69) is 9.97 Å². The summed E-state index contributed by atoms with van der Waals surface area (Å²) in [6, 6.07) is 1.91. The number of hydrogen-bond donors (Lipinski definition) is 0. The highest BCUT2D eigenvalue weighted by molar-refractivity contribution is 7.88. The topological polar surface area (TPSA) is 66.4 Å². The average Bonchev–Trinajstić information content (AvgIpc) is 2.11. The first-order valence-corrected chi connectivity index (χ1v) is 7.60. The second-order valence-electron chi connectivity index (χ2n) is 4.90. The number of anilines is 1. The number of aryl methyl sites for hydroxylation is 1. The Hall–Kier alpha value is -1.21. The normalized spacial score (nSPS) is 17.6. The van der Waals surface area contributed by atoms with Gasteiger partial charge in [-0.1, -0.05) is 0 Å². The van der Waals surface area contributed by atoms with Crippen LogP contribution in [0.4, 0.5) is 5.82 Å². The third-order valence-electron chi connectivity index (χ3n) is 3.00. The van der Waals surface area contributed by atoms with Gasteiger partial charge in [0, 0.05) is 44.9 Å². The van der Waals surface area contributed by atoms with Crippen LogP contribution in [0.25, 0.3) is 0 Å². The van der Waals surface area contributed by atoms with Crippen LogP contribution in [-0.2, 0) is 10.0 Å². The van der Waals surface area contributed by atoms with Crippen LogP contribution in [0, 0.1) is 6.92 Å². The van der Waals surface area contributed by atoms with Gasteiger partial charge >= 0.3 is 0 Å². The van der Waals surface area contributed by atoms with E-state index in [1.807, 2.05) is 32.0 Å². The van der Waals surface area contributed by atoms with Gasteiger partial charge in [0.05, 0.1) is 6.26 Å². The quantitative estimate of drug-likeness (QED) is 0.785. The average molecular weight is 270 g/mol. The van der Waals surface area contributed by atoms with Gasteiger partial charge in [-0.05, 0) is 6.92 Å². The van der Waals surface area contributed by atoms with E-state index < -0.39 is 10.0 Å². The Balaban J connectivity index is 2.17.